The van der Waals surface area contributed by atoms with Crippen LogP contribution in [0.2, 0.25) is 0 Å². The van der Waals surface area contributed by atoms with Crippen LogP contribution in [0.3, 0.4) is 0 Å². The average Bonchev–Trinajstić information content (AvgIpc) is 2.93. The third-order valence-corrected chi connectivity index (χ3v) is 7.13. The maximum Gasteiger partial charge on any atom is 0.451 e. The van der Waals surface area contributed by atoms with Gasteiger partial charge in [-0.2, -0.15) is 18.2 Å². The lowest BCUT2D eigenvalue weighted by Gasteiger charge is -2.34. The number of carbonyl (C=O) groups is 1. The van der Waals surface area contributed by atoms with Gasteiger partial charge in [0.2, 0.25) is 17.6 Å². The quantitative estimate of drug-likeness (QED) is 0.235. The van der Waals surface area contributed by atoms with E-state index in [9.17, 15) is 31.9 Å². The van der Waals surface area contributed by atoms with Crippen molar-refractivity contribution < 1.29 is 36.6 Å². The number of halogens is 5. The van der Waals surface area contributed by atoms with E-state index in [1.165, 1.54) is 35.8 Å². The number of amides is 1. The summed E-state index contributed by atoms with van der Waals surface area (Å²) in [6.45, 7) is 1.60. The Hall–Kier alpha value is -3.39. The first kappa shape index (κ1) is 29.6. The number of carbonyl (C=O) groups excluding carboxylic acids is 1. The van der Waals surface area contributed by atoms with E-state index < -0.39 is 48.2 Å². The molecule has 2 aromatic heterocycles. The number of piperidine rings is 1. The van der Waals surface area contributed by atoms with Crippen LogP contribution in [-0.4, -0.2) is 61.8 Å². The number of ether oxygens (including phenoxy) is 1. The lowest BCUT2D eigenvalue weighted by Crippen LogP contribution is -2.40. The van der Waals surface area contributed by atoms with Crippen LogP contribution in [0.4, 0.5) is 22.0 Å². The molecule has 14 heteroatoms. The monoisotopic (exact) mass is 583 g/mol. The highest BCUT2D eigenvalue weighted by molar-refractivity contribution is 7.98. The van der Waals surface area contributed by atoms with Crippen molar-refractivity contribution in [2.24, 2.45) is 0 Å². The summed E-state index contributed by atoms with van der Waals surface area (Å²) in [4.78, 5) is 29.7. The van der Waals surface area contributed by atoms with Crippen LogP contribution in [0.15, 0.2) is 41.8 Å². The van der Waals surface area contributed by atoms with Crippen molar-refractivity contribution in [3.63, 3.8) is 0 Å². The van der Waals surface area contributed by atoms with Gasteiger partial charge >= 0.3 is 6.18 Å². The lowest BCUT2D eigenvalue weighted by molar-refractivity contribution is -0.145. The molecule has 1 N–H and O–H groups in total. The SMILES string of the molecule is CSc1ncc(C(C)(O)COc2ccnc(C(F)(F)F)n2)c(C2CCN(C(=O)Cc3c(F)cccc3F)CC2)n1. The Balaban J connectivity index is 1.48. The van der Waals surface area contributed by atoms with E-state index in [1.54, 1.807) is 6.26 Å². The molecule has 1 unspecified atom stereocenters. The number of hydrogen-bond acceptors (Lipinski definition) is 8. The van der Waals surface area contributed by atoms with E-state index in [0.717, 1.165) is 24.4 Å². The van der Waals surface area contributed by atoms with Gasteiger partial charge in [-0.25, -0.2) is 23.7 Å². The molecule has 0 aliphatic carbocycles. The van der Waals surface area contributed by atoms with Crippen molar-refractivity contribution in [3.05, 3.63) is 70.9 Å². The maximum atomic E-state index is 14.0. The van der Waals surface area contributed by atoms with Gasteiger partial charge in [0.15, 0.2) is 5.16 Å². The van der Waals surface area contributed by atoms with E-state index in [4.69, 9.17) is 4.74 Å². The second kappa shape index (κ2) is 12.0. The molecule has 1 aromatic carbocycles. The van der Waals surface area contributed by atoms with Crippen molar-refractivity contribution in [2.45, 2.75) is 49.0 Å². The van der Waals surface area contributed by atoms with Crippen molar-refractivity contribution in [3.8, 4) is 5.88 Å². The van der Waals surface area contributed by atoms with E-state index in [1.807, 2.05) is 0 Å². The highest BCUT2D eigenvalue weighted by Gasteiger charge is 2.36. The number of alkyl halides is 3. The van der Waals surface area contributed by atoms with Gasteiger partial charge in [-0.3, -0.25) is 4.79 Å². The maximum absolute atomic E-state index is 14.0. The Morgan fingerprint density at radius 2 is 1.80 bits per heavy atom. The molecule has 40 heavy (non-hydrogen) atoms. The minimum absolute atomic E-state index is 0.194. The fourth-order valence-electron chi connectivity index (χ4n) is 4.42. The van der Waals surface area contributed by atoms with E-state index >= 15 is 0 Å². The summed E-state index contributed by atoms with van der Waals surface area (Å²) in [5, 5.41) is 11.7. The van der Waals surface area contributed by atoms with Crippen LogP contribution in [0, 0.1) is 11.6 Å². The largest absolute Gasteiger partial charge is 0.474 e. The Labute approximate surface area is 231 Å². The molecular weight excluding hydrogens is 557 g/mol. The smallest absolute Gasteiger partial charge is 0.451 e. The summed E-state index contributed by atoms with van der Waals surface area (Å²) in [6.07, 6.45) is -0.0763. The normalized spacial score (nSPS) is 16.1. The van der Waals surface area contributed by atoms with Crippen molar-refractivity contribution in [2.75, 3.05) is 26.0 Å². The molecule has 1 fully saturated rings. The number of aromatic nitrogens is 4. The number of aliphatic hydroxyl groups is 1. The predicted octanol–water partition coefficient (Wildman–Crippen LogP) is 4.52. The van der Waals surface area contributed by atoms with E-state index in [0.29, 0.717) is 42.3 Å². The Bertz CT molecular complexity index is 1350. The highest BCUT2D eigenvalue weighted by Crippen LogP contribution is 2.35. The van der Waals surface area contributed by atoms with Crippen LogP contribution in [0.5, 0.6) is 5.88 Å². The second-order valence-electron chi connectivity index (χ2n) is 9.47. The number of hydrogen-bond donors (Lipinski definition) is 1. The van der Waals surface area contributed by atoms with E-state index in [2.05, 4.69) is 19.9 Å². The Morgan fingerprint density at radius 3 is 2.42 bits per heavy atom. The second-order valence-corrected chi connectivity index (χ2v) is 10.2. The summed E-state index contributed by atoms with van der Waals surface area (Å²) in [6, 6.07) is 4.60. The van der Waals surface area contributed by atoms with Gasteiger partial charge in [-0.15, -0.1) is 0 Å². The van der Waals surface area contributed by atoms with E-state index in [-0.39, 0.29) is 17.4 Å². The van der Waals surface area contributed by atoms with Gasteiger partial charge in [0, 0.05) is 48.6 Å². The molecule has 3 aromatic rings. The summed E-state index contributed by atoms with van der Waals surface area (Å²) in [5.74, 6) is -3.88. The lowest BCUT2D eigenvalue weighted by atomic mass is 9.85. The zero-order chi connectivity index (χ0) is 29.1. The fourth-order valence-corrected chi connectivity index (χ4v) is 4.77. The molecule has 0 saturated carbocycles. The minimum atomic E-state index is -4.75. The fraction of sp³-hybridized carbons (Fsp3) is 0.423. The highest BCUT2D eigenvalue weighted by atomic mass is 32.2. The van der Waals surface area contributed by atoms with Gasteiger partial charge in [0.05, 0.1) is 12.1 Å². The van der Waals surface area contributed by atoms with Crippen molar-refractivity contribution >= 4 is 17.7 Å². The van der Waals surface area contributed by atoms with Crippen LogP contribution in [-0.2, 0) is 23.0 Å². The van der Waals surface area contributed by atoms with Crippen molar-refractivity contribution in [1.82, 2.24) is 24.8 Å². The number of rotatable bonds is 8. The molecule has 1 aliphatic rings. The third-order valence-electron chi connectivity index (χ3n) is 6.57. The molecule has 8 nitrogen and oxygen atoms in total. The topological polar surface area (TPSA) is 101 Å². The molecule has 214 valence electrons. The summed E-state index contributed by atoms with van der Waals surface area (Å²) in [5.41, 5.74) is -1.13. The first-order valence-electron chi connectivity index (χ1n) is 12.3. The Morgan fingerprint density at radius 1 is 1.12 bits per heavy atom. The first-order valence-corrected chi connectivity index (χ1v) is 13.5. The van der Waals surface area contributed by atoms with Crippen LogP contribution in [0.1, 0.15) is 48.3 Å². The predicted molar refractivity (Wildman–Crippen MR) is 135 cm³/mol. The summed E-state index contributed by atoms with van der Waals surface area (Å²) in [7, 11) is 0. The zero-order valence-corrected chi connectivity index (χ0v) is 22.4. The van der Waals surface area contributed by atoms with Crippen molar-refractivity contribution in [1.29, 1.82) is 0 Å². The molecular formula is C26H26F5N5O3S. The molecule has 0 bridgehead atoms. The van der Waals surface area contributed by atoms with Gasteiger partial charge in [0.1, 0.15) is 23.8 Å². The Kier molecular flexibility index (Phi) is 8.88. The molecule has 0 radical (unpaired) electrons. The number of likely N-dealkylation sites (tertiary alicyclic amines) is 1. The molecule has 3 heterocycles. The standard InChI is InChI=1S/C26H26F5N5O3S/c1-25(38,14-39-20-6-9-32-23(34-20)26(29,30)31)17-13-33-24(40-2)35-22(17)15-7-10-36(11-8-15)21(37)12-16-18(27)4-3-5-19(16)28/h3-6,9,13,15,38H,7-8,10-12,14H2,1-2H3. The van der Waals surface area contributed by atoms with Gasteiger partial charge < -0.3 is 14.7 Å². The summed E-state index contributed by atoms with van der Waals surface area (Å²) >= 11 is 1.30. The van der Waals surface area contributed by atoms with Crippen LogP contribution < -0.4 is 4.74 Å². The molecule has 1 aliphatic heterocycles. The average molecular weight is 584 g/mol. The molecule has 1 amide bonds. The molecule has 1 saturated heterocycles. The van der Waals surface area contributed by atoms with Gasteiger partial charge in [0.25, 0.3) is 0 Å². The summed E-state index contributed by atoms with van der Waals surface area (Å²) < 4.78 is 72.3. The van der Waals surface area contributed by atoms with Crippen LogP contribution in [0.25, 0.3) is 0 Å². The minimum Gasteiger partial charge on any atom is -0.474 e. The molecule has 4 rings (SSSR count). The first-order chi connectivity index (χ1) is 18.9. The van der Waals surface area contributed by atoms with Gasteiger partial charge in [-0.1, -0.05) is 17.8 Å². The number of benzene rings is 1. The number of thioether (sulfide) groups is 1. The zero-order valence-electron chi connectivity index (χ0n) is 21.6. The van der Waals surface area contributed by atoms with Crippen LogP contribution >= 0.6 is 11.8 Å². The number of nitrogens with zero attached hydrogens (tertiary/aromatic N) is 5. The van der Waals surface area contributed by atoms with Gasteiger partial charge in [-0.05, 0) is 38.2 Å². The molecule has 1 atom stereocenters. The molecule has 0 spiro atoms. The third kappa shape index (κ3) is 6.84.